The Bertz CT molecular complexity index is 1130. The number of hydrogen-bond acceptors (Lipinski definition) is 4. The fourth-order valence-electron chi connectivity index (χ4n) is 3.83. The summed E-state index contributed by atoms with van der Waals surface area (Å²) >= 11 is 0. The number of para-hydroxylation sites is 3. The molecule has 0 bridgehead atoms. The van der Waals surface area contributed by atoms with Gasteiger partial charge in [0.2, 0.25) is 0 Å². The average Bonchev–Trinajstić information content (AvgIpc) is 2.98. The van der Waals surface area contributed by atoms with E-state index in [4.69, 9.17) is 0 Å². The molecule has 1 aromatic heterocycles. The molecule has 8 nitrogen and oxygen atoms in total. The lowest BCUT2D eigenvalue weighted by molar-refractivity contribution is -0.128. The lowest BCUT2D eigenvalue weighted by Crippen LogP contribution is -2.48. The highest BCUT2D eigenvalue weighted by molar-refractivity contribution is 5.86. The van der Waals surface area contributed by atoms with Crippen LogP contribution in [0, 0.1) is 0 Å². The topological polar surface area (TPSA) is 88.4 Å². The summed E-state index contributed by atoms with van der Waals surface area (Å²) in [4.78, 5) is 39.0. The predicted octanol–water partition coefficient (Wildman–Crippen LogP) is 0.940. The molecule has 0 fully saturated rings. The quantitative estimate of drug-likeness (QED) is 0.646. The fraction of sp³-hybridized carbons (Fsp3) is 0.286. The van der Waals surface area contributed by atoms with Gasteiger partial charge in [-0.2, -0.15) is 0 Å². The van der Waals surface area contributed by atoms with Gasteiger partial charge >= 0.3 is 5.69 Å². The Morgan fingerprint density at radius 3 is 2.38 bits per heavy atom. The number of nitrogens with zero attached hydrogens (tertiary/aromatic N) is 3. The van der Waals surface area contributed by atoms with Crippen LogP contribution in [0.15, 0.2) is 53.3 Å². The molecule has 2 amide bonds. The number of carbonyl (C=O) groups is 2. The van der Waals surface area contributed by atoms with Crippen LogP contribution in [-0.2, 0) is 29.6 Å². The van der Waals surface area contributed by atoms with Gasteiger partial charge in [-0.3, -0.25) is 29.6 Å². The molecule has 0 radical (unpaired) electrons. The first-order valence-corrected chi connectivity index (χ1v) is 9.59. The van der Waals surface area contributed by atoms with Crippen molar-refractivity contribution in [1.29, 1.82) is 0 Å². The minimum Gasteiger partial charge on any atom is -0.362 e. The van der Waals surface area contributed by atoms with Crippen molar-refractivity contribution in [3.63, 3.8) is 0 Å². The third-order valence-electron chi connectivity index (χ3n) is 5.24. The minimum absolute atomic E-state index is 0.158. The molecule has 1 aliphatic heterocycles. The third-order valence-corrected chi connectivity index (χ3v) is 5.24. The Morgan fingerprint density at radius 1 is 0.931 bits per heavy atom. The van der Waals surface area contributed by atoms with Crippen molar-refractivity contribution in [2.75, 3.05) is 18.0 Å². The Balaban J connectivity index is 1.37. The lowest BCUT2D eigenvalue weighted by Gasteiger charge is -2.30. The normalized spacial score (nSPS) is 13.2. The molecule has 0 saturated heterocycles. The van der Waals surface area contributed by atoms with Gasteiger partial charge in [-0.15, -0.1) is 0 Å². The van der Waals surface area contributed by atoms with Crippen LogP contribution in [0.5, 0.6) is 0 Å². The summed E-state index contributed by atoms with van der Waals surface area (Å²) in [5.74, 6) is -0.767. The number of aryl methyl sites for hydroxylation is 2. The molecule has 0 atom stereocenters. The van der Waals surface area contributed by atoms with E-state index in [-0.39, 0.29) is 24.7 Å². The second kappa shape index (κ2) is 7.83. The van der Waals surface area contributed by atoms with E-state index in [0.29, 0.717) is 5.52 Å². The first-order valence-electron chi connectivity index (χ1n) is 9.59. The molecular weight excluding hydrogens is 370 g/mol. The van der Waals surface area contributed by atoms with Crippen molar-refractivity contribution in [3.8, 4) is 0 Å². The van der Waals surface area contributed by atoms with E-state index < -0.39 is 5.91 Å². The number of amides is 2. The molecule has 0 saturated carbocycles. The number of anilines is 1. The van der Waals surface area contributed by atoms with Crippen molar-refractivity contribution >= 4 is 28.5 Å². The summed E-state index contributed by atoms with van der Waals surface area (Å²) in [5, 5.41) is 0. The first kappa shape index (κ1) is 18.8. The molecule has 8 heteroatoms. The number of hydrazine groups is 1. The maximum atomic E-state index is 12.4. The van der Waals surface area contributed by atoms with Gasteiger partial charge in [-0.05, 0) is 36.6 Å². The summed E-state index contributed by atoms with van der Waals surface area (Å²) in [7, 11) is 1.66. The van der Waals surface area contributed by atoms with Gasteiger partial charge in [-0.25, -0.2) is 4.79 Å². The van der Waals surface area contributed by atoms with Gasteiger partial charge in [-0.1, -0.05) is 30.3 Å². The van der Waals surface area contributed by atoms with E-state index in [1.54, 1.807) is 13.1 Å². The third kappa shape index (κ3) is 3.73. The Labute approximate surface area is 167 Å². The monoisotopic (exact) mass is 393 g/mol. The summed E-state index contributed by atoms with van der Waals surface area (Å²) < 4.78 is 2.88. The number of rotatable bonds is 4. The summed E-state index contributed by atoms with van der Waals surface area (Å²) in [6.07, 6.45) is 1.99. The van der Waals surface area contributed by atoms with E-state index in [1.165, 1.54) is 14.7 Å². The smallest absolute Gasteiger partial charge is 0.329 e. The number of aromatic nitrogens is 2. The van der Waals surface area contributed by atoms with E-state index in [2.05, 4.69) is 16.9 Å². The van der Waals surface area contributed by atoms with Crippen LogP contribution in [-0.4, -0.2) is 34.0 Å². The van der Waals surface area contributed by atoms with Gasteiger partial charge in [0.05, 0.1) is 17.6 Å². The van der Waals surface area contributed by atoms with E-state index >= 15 is 0 Å². The first-order chi connectivity index (χ1) is 14.0. The van der Waals surface area contributed by atoms with Gasteiger partial charge in [0.15, 0.2) is 0 Å². The molecule has 2 aromatic carbocycles. The SMILES string of the molecule is Cn1c(=O)n(CC(=O)NNC(=O)CN2CCCc3ccccc32)c2ccccc21. The van der Waals surface area contributed by atoms with E-state index in [1.807, 2.05) is 41.3 Å². The van der Waals surface area contributed by atoms with Crippen molar-refractivity contribution in [1.82, 2.24) is 20.0 Å². The van der Waals surface area contributed by atoms with Crippen LogP contribution in [0.3, 0.4) is 0 Å². The number of nitrogens with one attached hydrogen (secondary N) is 2. The highest BCUT2D eigenvalue weighted by atomic mass is 16.2. The molecule has 3 aromatic rings. The Morgan fingerprint density at radius 2 is 1.59 bits per heavy atom. The van der Waals surface area contributed by atoms with E-state index in [0.717, 1.165) is 30.6 Å². The van der Waals surface area contributed by atoms with Crippen LogP contribution < -0.4 is 21.4 Å². The zero-order chi connectivity index (χ0) is 20.4. The zero-order valence-electron chi connectivity index (χ0n) is 16.2. The van der Waals surface area contributed by atoms with Crippen LogP contribution in [0.25, 0.3) is 11.0 Å². The molecular formula is C21H23N5O3. The van der Waals surface area contributed by atoms with E-state index in [9.17, 15) is 14.4 Å². The maximum Gasteiger partial charge on any atom is 0.329 e. The van der Waals surface area contributed by atoms with Crippen LogP contribution in [0.1, 0.15) is 12.0 Å². The second-order valence-electron chi connectivity index (χ2n) is 7.17. The fourth-order valence-corrected chi connectivity index (χ4v) is 3.83. The van der Waals surface area contributed by atoms with Crippen molar-refractivity contribution < 1.29 is 9.59 Å². The molecule has 2 N–H and O–H groups in total. The highest BCUT2D eigenvalue weighted by Gasteiger charge is 2.19. The second-order valence-corrected chi connectivity index (χ2v) is 7.17. The Hall–Kier alpha value is -3.55. The molecule has 0 spiro atoms. The van der Waals surface area contributed by atoms with Gasteiger partial charge in [0.25, 0.3) is 11.8 Å². The molecule has 4 rings (SSSR count). The predicted molar refractivity (Wildman–Crippen MR) is 110 cm³/mol. The molecule has 2 heterocycles. The lowest BCUT2D eigenvalue weighted by atomic mass is 10.0. The minimum atomic E-state index is -0.462. The number of benzene rings is 2. The molecule has 1 aliphatic rings. The summed E-state index contributed by atoms with van der Waals surface area (Å²) in [6.45, 7) is 0.780. The summed E-state index contributed by atoms with van der Waals surface area (Å²) in [6, 6.07) is 15.3. The number of carbonyl (C=O) groups excluding carboxylic acids is 2. The van der Waals surface area contributed by atoms with Gasteiger partial charge in [0, 0.05) is 19.3 Å². The number of imidazole rings is 1. The van der Waals surface area contributed by atoms with Crippen LogP contribution in [0.4, 0.5) is 5.69 Å². The molecule has 0 unspecified atom stereocenters. The van der Waals surface area contributed by atoms with Gasteiger partial charge in [0.1, 0.15) is 6.54 Å². The Kier molecular flexibility index (Phi) is 5.07. The van der Waals surface area contributed by atoms with Crippen molar-refractivity contribution in [3.05, 3.63) is 64.6 Å². The van der Waals surface area contributed by atoms with Crippen molar-refractivity contribution in [2.45, 2.75) is 19.4 Å². The van der Waals surface area contributed by atoms with Crippen LogP contribution >= 0.6 is 0 Å². The largest absolute Gasteiger partial charge is 0.362 e. The highest BCUT2D eigenvalue weighted by Crippen LogP contribution is 2.26. The molecule has 0 aliphatic carbocycles. The zero-order valence-corrected chi connectivity index (χ0v) is 16.2. The van der Waals surface area contributed by atoms with Crippen molar-refractivity contribution in [2.24, 2.45) is 7.05 Å². The average molecular weight is 393 g/mol. The maximum absolute atomic E-state index is 12.4. The molecule has 150 valence electrons. The number of fused-ring (bicyclic) bond motifs is 2. The van der Waals surface area contributed by atoms with Gasteiger partial charge < -0.3 is 4.90 Å². The standard InChI is InChI=1S/C21H23N5O3/c1-24-17-10-4-5-11-18(17)26(21(24)29)14-20(28)23-22-19(27)13-25-12-6-8-15-7-2-3-9-16(15)25/h2-5,7,9-11H,6,8,12-14H2,1H3,(H,22,27)(H,23,28). The number of hydrogen-bond donors (Lipinski definition) is 2. The molecule has 29 heavy (non-hydrogen) atoms. The van der Waals surface area contributed by atoms with Crippen LogP contribution in [0.2, 0.25) is 0 Å². The summed E-state index contributed by atoms with van der Waals surface area (Å²) in [5.41, 5.74) is 8.29.